The summed E-state index contributed by atoms with van der Waals surface area (Å²) in [6, 6.07) is 12.0. The molecule has 3 heterocycles. The van der Waals surface area contributed by atoms with Gasteiger partial charge in [-0.05, 0) is 29.8 Å². The van der Waals surface area contributed by atoms with E-state index in [0.717, 1.165) is 27.8 Å². The predicted molar refractivity (Wildman–Crippen MR) is 89.1 cm³/mol. The molecule has 1 aromatic carbocycles. The molecular formula is C18H17N3O2. The Hall–Kier alpha value is -2.66. The molecule has 3 aromatic rings. The van der Waals surface area contributed by atoms with Gasteiger partial charge in [-0.1, -0.05) is 12.1 Å². The number of aromatic amines is 1. The number of pyridine rings is 1. The maximum atomic E-state index is 12.0. The number of fused-ring (bicyclic) bond motifs is 1. The number of aromatic nitrogens is 2. The van der Waals surface area contributed by atoms with Crippen LogP contribution in [0.25, 0.3) is 22.2 Å². The maximum absolute atomic E-state index is 12.0. The number of amides is 1. The lowest BCUT2D eigenvalue weighted by atomic mass is 10.1. The van der Waals surface area contributed by atoms with Gasteiger partial charge in [0, 0.05) is 54.5 Å². The molecule has 1 fully saturated rings. The summed E-state index contributed by atoms with van der Waals surface area (Å²) in [6.45, 7) is 0.647. The second kappa shape index (κ2) is 5.52. The largest absolute Gasteiger partial charge is 0.396 e. The monoisotopic (exact) mass is 307 g/mol. The van der Waals surface area contributed by atoms with E-state index in [0.29, 0.717) is 13.0 Å². The molecule has 1 saturated heterocycles. The predicted octanol–water partition coefficient (Wildman–Crippen LogP) is 2.58. The van der Waals surface area contributed by atoms with E-state index in [4.69, 9.17) is 0 Å². The van der Waals surface area contributed by atoms with E-state index in [2.05, 4.69) is 16.0 Å². The molecule has 5 nitrogen and oxygen atoms in total. The quantitative estimate of drug-likeness (QED) is 0.781. The zero-order valence-corrected chi connectivity index (χ0v) is 12.6. The fraction of sp³-hybridized carbons (Fsp3) is 0.222. The van der Waals surface area contributed by atoms with E-state index in [1.54, 1.807) is 4.90 Å². The number of hydrogen-bond acceptors (Lipinski definition) is 3. The minimum atomic E-state index is 0.0439. The third-order valence-corrected chi connectivity index (χ3v) is 4.38. The number of carbonyl (C=O) groups excluding carboxylic acids is 1. The van der Waals surface area contributed by atoms with Crippen molar-refractivity contribution in [1.82, 2.24) is 9.97 Å². The van der Waals surface area contributed by atoms with Gasteiger partial charge in [0.2, 0.25) is 5.91 Å². The topological polar surface area (TPSA) is 69.2 Å². The van der Waals surface area contributed by atoms with E-state index in [1.807, 2.05) is 42.7 Å². The molecule has 1 atom stereocenters. The van der Waals surface area contributed by atoms with Crippen molar-refractivity contribution in [1.29, 1.82) is 0 Å². The van der Waals surface area contributed by atoms with Crippen LogP contribution in [-0.4, -0.2) is 34.1 Å². The number of hydrogen-bond donors (Lipinski definition) is 2. The van der Waals surface area contributed by atoms with Gasteiger partial charge in [-0.2, -0.15) is 0 Å². The van der Waals surface area contributed by atoms with Crippen LogP contribution in [-0.2, 0) is 4.79 Å². The summed E-state index contributed by atoms with van der Waals surface area (Å²) in [5.74, 6) is 0.120. The van der Waals surface area contributed by atoms with E-state index in [-0.39, 0.29) is 18.4 Å². The van der Waals surface area contributed by atoms with Crippen LogP contribution in [0.4, 0.5) is 5.69 Å². The van der Waals surface area contributed by atoms with Crippen molar-refractivity contribution in [2.45, 2.75) is 6.42 Å². The van der Waals surface area contributed by atoms with E-state index in [9.17, 15) is 9.90 Å². The number of benzene rings is 1. The highest BCUT2D eigenvalue weighted by Crippen LogP contribution is 2.28. The van der Waals surface area contributed by atoms with Crippen molar-refractivity contribution < 1.29 is 9.90 Å². The molecule has 0 radical (unpaired) electrons. The van der Waals surface area contributed by atoms with Gasteiger partial charge in [-0.25, -0.2) is 4.98 Å². The van der Waals surface area contributed by atoms with Gasteiger partial charge in [0.1, 0.15) is 5.65 Å². The zero-order valence-electron chi connectivity index (χ0n) is 12.6. The molecule has 2 N–H and O–H groups in total. The first-order chi connectivity index (χ1) is 11.2. The molecule has 23 heavy (non-hydrogen) atoms. The fourth-order valence-corrected chi connectivity index (χ4v) is 3.08. The number of aliphatic hydroxyl groups excluding tert-OH is 1. The van der Waals surface area contributed by atoms with Gasteiger partial charge < -0.3 is 15.0 Å². The van der Waals surface area contributed by atoms with Crippen molar-refractivity contribution in [3.05, 3.63) is 48.8 Å². The smallest absolute Gasteiger partial charge is 0.227 e. The molecule has 1 unspecified atom stereocenters. The molecule has 1 aliphatic heterocycles. The number of H-pyrrole nitrogens is 1. The molecule has 0 saturated carbocycles. The summed E-state index contributed by atoms with van der Waals surface area (Å²) in [4.78, 5) is 21.3. The third kappa shape index (κ3) is 2.49. The lowest BCUT2D eigenvalue weighted by molar-refractivity contribution is -0.117. The first-order valence-corrected chi connectivity index (χ1v) is 7.69. The highest BCUT2D eigenvalue weighted by molar-refractivity contribution is 5.96. The molecule has 0 aliphatic carbocycles. The second-order valence-electron chi connectivity index (χ2n) is 5.94. The van der Waals surface area contributed by atoms with Crippen molar-refractivity contribution in [2.24, 2.45) is 5.92 Å². The molecule has 2 aromatic heterocycles. The van der Waals surface area contributed by atoms with Gasteiger partial charge in [-0.15, -0.1) is 0 Å². The number of nitrogens with zero attached hydrogens (tertiary/aromatic N) is 2. The summed E-state index contributed by atoms with van der Waals surface area (Å²) >= 11 is 0. The third-order valence-electron chi connectivity index (χ3n) is 4.38. The standard InChI is InChI=1S/C18H17N3O2/c22-11-12-7-17(23)21(10-12)16-3-1-13(2-4-16)15-8-14-5-6-19-18(14)20-9-15/h1-6,8-9,12,22H,7,10-11H2,(H,19,20). The Morgan fingerprint density at radius 2 is 2.04 bits per heavy atom. The first-order valence-electron chi connectivity index (χ1n) is 7.69. The molecule has 1 aliphatic rings. The molecular weight excluding hydrogens is 290 g/mol. The highest BCUT2D eigenvalue weighted by Gasteiger charge is 2.29. The zero-order chi connectivity index (χ0) is 15.8. The molecule has 0 spiro atoms. The summed E-state index contributed by atoms with van der Waals surface area (Å²) < 4.78 is 0. The van der Waals surface area contributed by atoms with E-state index in [1.165, 1.54) is 0 Å². The summed E-state index contributed by atoms with van der Waals surface area (Å²) in [5, 5.41) is 10.3. The van der Waals surface area contributed by atoms with Crippen molar-refractivity contribution in [2.75, 3.05) is 18.1 Å². The minimum absolute atomic E-state index is 0.0439. The van der Waals surface area contributed by atoms with Crippen LogP contribution >= 0.6 is 0 Å². The summed E-state index contributed by atoms with van der Waals surface area (Å²) in [7, 11) is 0. The SMILES string of the molecule is O=C1CC(CO)CN1c1ccc(-c2cnc3[nH]ccc3c2)cc1. The van der Waals surface area contributed by atoms with Crippen LogP contribution in [0.15, 0.2) is 48.8 Å². The van der Waals surface area contributed by atoms with Gasteiger partial charge in [0.05, 0.1) is 0 Å². The number of nitrogens with one attached hydrogen (secondary N) is 1. The van der Waals surface area contributed by atoms with Crippen LogP contribution in [0.5, 0.6) is 0 Å². The Labute approximate surface area is 133 Å². The number of aliphatic hydroxyl groups is 1. The van der Waals surface area contributed by atoms with E-state index >= 15 is 0 Å². The van der Waals surface area contributed by atoms with Crippen LogP contribution in [0.1, 0.15) is 6.42 Å². The van der Waals surface area contributed by atoms with Crippen molar-refractivity contribution in [3.63, 3.8) is 0 Å². The van der Waals surface area contributed by atoms with Crippen molar-refractivity contribution in [3.8, 4) is 11.1 Å². The lowest BCUT2D eigenvalue weighted by Gasteiger charge is -2.17. The Balaban J connectivity index is 1.61. The molecule has 1 amide bonds. The minimum Gasteiger partial charge on any atom is -0.396 e. The molecule has 0 bridgehead atoms. The van der Waals surface area contributed by atoms with Crippen LogP contribution in [0.2, 0.25) is 0 Å². The fourth-order valence-electron chi connectivity index (χ4n) is 3.08. The Morgan fingerprint density at radius 1 is 1.22 bits per heavy atom. The first kappa shape index (κ1) is 14.0. The maximum Gasteiger partial charge on any atom is 0.227 e. The molecule has 5 heteroatoms. The van der Waals surface area contributed by atoms with Gasteiger partial charge in [-0.3, -0.25) is 4.79 Å². The lowest BCUT2D eigenvalue weighted by Crippen LogP contribution is -2.24. The van der Waals surface area contributed by atoms with E-state index < -0.39 is 0 Å². The van der Waals surface area contributed by atoms with Crippen LogP contribution in [0, 0.1) is 5.92 Å². The Bertz CT molecular complexity index is 854. The Kier molecular flexibility index (Phi) is 3.35. The van der Waals surface area contributed by atoms with Gasteiger partial charge >= 0.3 is 0 Å². The van der Waals surface area contributed by atoms with Gasteiger partial charge in [0.15, 0.2) is 0 Å². The average Bonchev–Trinajstić information content (AvgIpc) is 3.20. The highest BCUT2D eigenvalue weighted by atomic mass is 16.3. The summed E-state index contributed by atoms with van der Waals surface area (Å²) in [5.41, 5.74) is 3.87. The molecule has 116 valence electrons. The summed E-state index contributed by atoms with van der Waals surface area (Å²) in [6.07, 6.45) is 4.14. The second-order valence-corrected chi connectivity index (χ2v) is 5.94. The van der Waals surface area contributed by atoms with Crippen LogP contribution in [0.3, 0.4) is 0 Å². The number of carbonyl (C=O) groups is 1. The van der Waals surface area contributed by atoms with Crippen LogP contribution < -0.4 is 4.90 Å². The normalized spacial score (nSPS) is 18.0. The average molecular weight is 307 g/mol. The van der Waals surface area contributed by atoms with Crippen molar-refractivity contribution >= 4 is 22.6 Å². The number of anilines is 1. The van der Waals surface area contributed by atoms with Gasteiger partial charge in [0.25, 0.3) is 0 Å². The Morgan fingerprint density at radius 3 is 2.78 bits per heavy atom. The number of rotatable bonds is 3. The molecule has 4 rings (SSSR count).